The lowest BCUT2D eigenvalue weighted by Gasteiger charge is -2.29. The third-order valence-electron chi connectivity index (χ3n) is 2.64. The van der Waals surface area contributed by atoms with Crippen LogP contribution in [0, 0.1) is 11.8 Å². The average molecular weight is 171 g/mol. The van der Waals surface area contributed by atoms with E-state index in [-0.39, 0.29) is 0 Å². The molecule has 1 saturated heterocycles. The van der Waals surface area contributed by atoms with Crippen LogP contribution in [-0.4, -0.2) is 25.8 Å². The molecule has 72 valence electrons. The molecule has 1 N–H and O–H groups in total. The van der Waals surface area contributed by atoms with Crippen LogP contribution in [0.25, 0.3) is 0 Å². The van der Waals surface area contributed by atoms with Crippen molar-refractivity contribution in [3.05, 3.63) is 0 Å². The van der Waals surface area contributed by atoms with Gasteiger partial charge in [-0.2, -0.15) is 0 Å². The monoisotopic (exact) mass is 171 g/mol. The van der Waals surface area contributed by atoms with Gasteiger partial charge in [-0.1, -0.05) is 20.8 Å². The van der Waals surface area contributed by atoms with Gasteiger partial charge in [-0.15, -0.1) is 0 Å². The SMILES string of the molecule is CC(C)NCC1COCCC1C. The van der Waals surface area contributed by atoms with E-state index in [1.54, 1.807) is 0 Å². The summed E-state index contributed by atoms with van der Waals surface area (Å²) in [7, 11) is 0. The minimum Gasteiger partial charge on any atom is -0.381 e. The summed E-state index contributed by atoms with van der Waals surface area (Å²) in [5, 5.41) is 3.47. The van der Waals surface area contributed by atoms with Crippen molar-refractivity contribution in [3.63, 3.8) is 0 Å². The highest BCUT2D eigenvalue weighted by molar-refractivity contribution is 4.72. The Kier molecular flexibility index (Phi) is 4.02. The second-order valence-electron chi connectivity index (χ2n) is 4.16. The predicted molar refractivity (Wildman–Crippen MR) is 51.2 cm³/mol. The van der Waals surface area contributed by atoms with Gasteiger partial charge in [0.1, 0.15) is 0 Å². The maximum atomic E-state index is 5.44. The van der Waals surface area contributed by atoms with Crippen LogP contribution in [-0.2, 0) is 4.74 Å². The van der Waals surface area contributed by atoms with Crippen molar-refractivity contribution in [2.45, 2.75) is 33.2 Å². The van der Waals surface area contributed by atoms with Crippen molar-refractivity contribution in [2.24, 2.45) is 11.8 Å². The lowest BCUT2D eigenvalue weighted by Crippen LogP contribution is -2.37. The molecule has 0 aromatic rings. The first-order valence-corrected chi connectivity index (χ1v) is 5.01. The molecule has 0 radical (unpaired) electrons. The minimum atomic E-state index is 0.596. The van der Waals surface area contributed by atoms with Crippen molar-refractivity contribution in [3.8, 4) is 0 Å². The van der Waals surface area contributed by atoms with Crippen molar-refractivity contribution in [1.29, 1.82) is 0 Å². The normalized spacial score (nSPS) is 31.0. The summed E-state index contributed by atoms with van der Waals surface area (Å²) in [5.41, 5.74) is 0. The lowest BCUT2D eigenvalue weighted by atomic mass is 9.90. The smallest absolute Gasteiger partial charge is 0.0508 e. The number of ether oxygens (including phenoxy) is 1. The zero-order valence-electron chi connectivity index (χ0n) is 8.47. The van der Waals surface area contributed by atoms with Crippen LogP contribution in [0.15, 0.2) is 0 Å². The van der Waals surface area contributed by atoms with Crippen LogP contribution < -0.4 is 5.32 Å². The van der Waals surface area contributed by atoms with Crippen LogP contribution in [0.2, 0.25) is 0 Å². The molecular weight excluding hydrogens is 150 g/mol. The Hall–Kier alpha value is -0.0800. The van der Waals surface area contributed by atoms with Gasteiger partial charge >= 0.3 is 0 Å². The van der Waals surface area contributed by atoms with Crippen molar-refractivity contribution in [1.82, 2.24) is 5.32 Å². The van der Waals surface area contributed by atoms with Gasteiger partial charge in [-0.05, 0) is 18.3 Å². The molecule has 1 heterocycles. The van der Waals surface area contributed by atoms with E-state index in [1.807, 2.05) is 0 Å². The maximum Gasteiger partial charge on any atom is 0.0508 e. The molecule has 12 heavy (non-hydrogen) atoms. The van der Waals surface area contributed by atoms with Crippen molar-refractivity contribution < 1.29 is 4.74 Å². The van der Waals surface area contributed by atoms with Crippen LogP contribution in [0.4, 0.5) is 0 Å². The fraction of sp³-hybridized carbons (Fsp3) is 1.00. The van der Waals surface area contributed by atoms with Gasteiger partial charge in [0.2, 0.25) is 0 Å². The first-order chi connectivity index (χ1) is 5.70. The van der Waals surface area contributed by atoms with Gasteiger partial charge in [0.15, 0.2) is 0 Å². The summed E-state index contributed by atoms with van der Waals surface area (Å²) < 4.78 is 5.44. The molecule has 0 saturated carbocycles. The number of nitrogens with one attached hydrogen (secondary N) is 1. The van der Waals surface area contributed by atoms with E-state index in [4.69, 9.17) is 4.74 Å². The molecule has 0 bridgehead atoms. The van der Waals surface area contributed by atoms with Crippen LogP contribution in [0.3, 0.4) is 0 Å². The lowest BCUT2D eigenvalue weighted by molar-refractivity contribution is 0.0224. The molecule has 0 amide bonds. The Labute approximate surface area is 75.7 Å². The third kappa shape index (κ3) is 3.11. The quantitative estimate of drug-likeness (QED) is 0.697. The van der Waals surface area contributed by atoms with Crippen molar-refractivity contribution in [2.75, 3.05) is 19.8 Å². The molecule has 1 aliphatic heterocycles. The number of hydrogen-bond acceptors (Lipinski definition) is 2. The Balaban J connectivity index is 2.20. The molecule has 1 aliphatic rings. The summed E-state index contributed by atoms with van der Waals surface area (Å²) in [6, 6.07) is 0.596. The average Bonchev–Trinajstić information content (AvgIpc) is 2.03. The highest BCUT2D eigenvalue weighted by Crippen LogP contribution is 2.20. The minimum absolute atomic E-state index is 0.596. The van der Waals surface area contributed by atoms with Crippen molar-refractivity contribution >= 4 is 0 Å². The highest BCUT2D eigenvalue weighted by Gasteiger charge is 2.21. The van der Waals surface area contributed by atoms with E-state index < -0.39 is 0 Å². The molecule has 0 aromatic heterocycles. The highest BCUT2D eigenvalue weighted by atomic mass is 16.5. The Bertz CT molecular complexity index is 125. The van der Waals surface area contributed by atoms with Gasteiger partial charge in [0, 0.05) is 19.2 Å². The van der Waals surface area contributed by atoms with Crippen LogP contribution in [0.1, 0.15) is 27.2 Å². The Morgan fingerprint density at radius 1 is 1.50 bits per heavy atom. The zero-order chi connectivity index (χ0) is 8.97. The fourth-order valence-electron chi connectivity index (χ4n) is 1.55. The van der Waals surface area contributed by atoms with Crippen LogP contribution >= 0.6 is 0 Å². The van der Waals surface area contributed by atoms with E-state index >= 15 is 0 Å². The summed E-state index contributed by atoms with van der Waals surface area (Å²) in [6.07, 6.45) is 1.23. The fourth-order valence-corrected chi connectivity index (χ4v) is 1.55. The van der Waals surface area contributed by atoms with Gasteiger partial charge < -0.3 is 10.1 Å². The number of rotatable bonds is 3. The molecule has 0 spiro atoms. The van der Waals surface area contributed by atoms with E-state index in [0.29, 0.717) is 6.04 Å². The summed E-state index contributed by atoms with van der Waals surface area (Å²) in [4.78, 5) is 0. The van der Waals surface area contributed by atoms with Gasteiger partial charge in [0.25, 0.3) is 0 Å². The van der Waals surface area contributed by atoms with Gasteiger partial charge in [0.05, 0.1) is 6.61 Å². The first kappa shape index (κ1) is 10.0. The Morgan fingerprint density at radius 2 is 2.25 bits per heavy atom. The first-order valence-electron chi connectivity index (χ1n) is 5.01. The van der Waals surface area contributed by atoms with Crippen LogP contribution in [0.5, 0.6) is 0 Å². The molecule has 0 aliphatic carbocycles. The predicted octanol–water partition coefficient (Wildman–Crippen LogP) is 1.66. The summed E-state index contributed by atoms with van der Waals surface area (Å²) >= 11 is 0. The zero-order valence-corrected chi connectivity index (χ0v) is 8.47. The molecule has 2 atom stereocenters. The third-order valence-corrected chi connectivity index (χ3v) is 2.64. The maximum absolute atomic E-state index is 5.44. The number of hydrogen-bond donors (Lipinski definition) is 1. The molecule has 0 aromatic carbocycles. The van der Waals surface area contributed by atoms with E-state index in [2.05, 4.69) is 26.1 Å². The summed E-state index contributed by atoms with van der Waals surface area (Å²) in [6.45, 7) is 9.72. The second-order valence-corrected chi connectivity index (χ2v) is 4.16. The van der Waals surface area contributed by atoms with E-state index in [9.17, 15) is 0 Å². The molecule has 1 rings (SSSR count). The molecular formula is C10H21NO. The van der Waals surface area contributed by atoms with E-state index in [0.717, 1.165) is 31.6 Å². The molecule has 2 heteroatoms. The van der Waals surface area contributed by atoms with Gasteiger partial charge in [-0.3, -0.25) is 0 Å². The topological polar surface area (TPSA) is 21.3 Å². The molecule has 1 fully saturated rings. The Morgan fingerprint density at radius 3 is 2.83 bits per heavy atom. The summed E-state index contributed by atoms with van der Waals surface area (Å²) in [5.74, 6) is 1.55. The second kappa shape index (κ2) is 4.83. The molecule has 2 unspecified atom stereocenters. The molecule has 2 nitrogen and oxygen atoms in total. The largest absolute Gasteiger partial charge is 0.381 e. The van der Waals surface area contributed by atoms with E-state index in [1.165, 1.54) is 6.42 Å². The standard InChI is InChI=1S/C10H21NO/c1-8(2)11-6-10-7-12-5-4-9(10)3/h8-11H,4-7H2,1-3H3. The van der Waals surface area contributed by atoms with Gasteiger partial charge in [-0.25, -0.2) is 0 Å².